The summed E-state index contributed by atoms with van der Waals surface area (Å²) in [6.07, 6.45) is 3.15. The van der Waals surface area contributed by atoms with Crippen molar-refractivity contribution in [1.29, 1.82) is 0 Å². The lowest BCUT2D eigenvalue weighted by molar-refractivity contribution is 0.410. The predicted molar refractivity (Wildman–Crippen MR) is 80.1 cm³/mol. The van der Waals surface area contributed by atoms with E-state index in [1.54, 1.807) is 7.11 Å². The van der Waals surface area contributed by atoms with Gasteiger partial charge >= 0.3 is 0 Å². The normalized spacial score (nSPS) is 10.9. The summed E-state index contributed by atoms with van der Waals surface area (Å²) in [7, 11) is 1.69. The number of methoxy groups -OCH3 is 1. The van der Waals surface area contributed by atoms with E-state index in [2.05, 4.69) is 24.9 Å². The van der Waals surface area contributed by atoms with Crippen LogP contribution in [0.15, 0.2) is 23.2 Å². The van der Waals surface area contributed by atoms with Gasteiger partial charge in [0.05, 0.1) is 7.11 Å². The number of benzene rings is 1. The number of nitrogens with zero attached hydrogens (tertiary/aromatic N) is 1. The van der Waals surface area contributed by atoms with E-state index in [9.17, 15) is 0 Å². The predicted octanol–water partition coefficient (Wildman–Crippen LogP) is 3.18. The highest BCUT2D eigenvalue weighted by atomic mass is 35.5. The van der Waals surface area contributed by atoms with E-state index in [1.807, 2.05) is 12.1 Å². The number of nitrogens with two attached hydrogens (primary N) is 1. The van der Waals surface area contributed by atoms with E-state index >= 15 is 0 Å². The fraction of sp³-hybridized carbons (Fsp3) is 0.500. The van der Waals surface area contributed by atoms with Gasteiger partial charge in [0.1, 0.15) is 11.6 Å². The first-order chi connectivity index (χ1) is 8.22. The molecule has 0 spiro atoms. The molecular formula is C14H23ClN2O. The molecule has 18 heavy (non-hydrogen) atoms. The molecule has 0 saturated heterocycles. The lowest BCUT2D eigenvalue weighted by Crippen LogP contribution is -2.14. The van der Waals surface area contributed by atoms with Crippen molar-refractivity contribution in [3.05, 3.63) is 29.3 Å². The molecule has 0 aliphatic carbocycles. The van der Waals surface area contributed by atoms with Crippen molar-refractivity contribution >= 4 is 18.2 Å². The monoisotopic (exact) mass is 270 g/mol. The molecule has 0 aliphatic rings. The van der Waals surface area contributed by atoms with Crippen LogP contribution in [0.2, 0.25) is 0 Å². The molecule has 0 aliphatic heterocycles. The summed E-state index contributed by atoms with van der Waals surface area (Å²) in [5.41, 5.74) is 8.11. The fourth-order valence-corrected chi connectivity index (χ4v) is 1.66. The first-order valence-electron chi connectivity index (χ1n) is 6.20. The largest absolute Gasteiger partial charge is 0.496 e. The van der Waals surface area contributed by atoms with Crippen LogP contribution in [-0.2, 0) is 6.42 Å². The van der Waals surface area contributed by atoms with Gasteiger partial charge in [-0.2, -0.15) is 0 Å². The molecule has 3 nitrogen and oxygen atoms in total. The molecule has 102 valence electrons. The number of aliphatic imine (C=N–C) groups is 1. The number of amidine groups is 1. The number of ether oxygens (including phenoxy) is 1. The molecule has 0 aromatic heterocycles. The zero-order valence-corrected chi connectivity index (χ0v) is 12.2. The molecule has 0 saturated carbocycles. The first kappa shape index (κ1) is 16.8. The van der Waals surface area contributed by atoms with Gasteiger partial charge in [-0.05, 0) is 36.6 Å². The maximum Gasteiger partial charge on any atom is 0.125 e. The lowest BCUT2D eigenvalue weighted by Gasteiger charge is -2.09. The quantitative estimate of drug-likeness (QED) is 0.490. The van der Waals surface area contributed by atoms with Crippen molar-refractivity contribution in [3.8, 4) is 5.75 Å². The van der Waals surface area contributed by atoms with E-state index < -0.39 is 0 Å². The van der Waals surface area contributed by atoms with Crippen molar-refractivity contribution in [2.24, 2.45) is 10.7 Å². The maximum atomic E-state index is 5.96. The molecule has 2 N–H and O–H groups in total. The zero-order chi connectivity index (χ0) is 12.7. The molecule has 1 aromatic rings. The average Bonchev–Trinajstić information content (AvgIpc) is 2.38. The van der Waals surface area contributed by atoms with Crippen molar-refractivity contribution in [2.75, 3.05) is 13.7 Å². The van der Waals surface area contributed by atoms with Crippen molar-refractivity contribution in [2.45, 2.75) is 33.1 Å². The highest BCUT2D eigenvalue weighted by molar-refractivity contribution is 5.97. The average molecular weight is 271 g/mol. The fourth-order valence-electron chi connectivity index (χ4n) is 1.66. The van der Waals surface area contributed by atoms with Gasteiger partial charge in [-0.15, -0.1) is 12.4 Å². The van der Waals surface area contributed by atoms with Crippen LogP contribution in [0.5, 0.6) is 5.75 Å². The summed E-state index contributed by atoms with van der Waals surface area (Å²) >= 11 is 0. The Labute approximate surface area is 116 Å². The Balaban J connectivity index is 0.00000289. The zero-order valence-electron chi connectivity index (χ0n) is 11.4. The van der Waals surface area contributed by atoms with Crippen molar-refractivity contribution < 1.29 is 4.74 Å². The molecule has 4 heteroatoms. The Bertz CT molecular complexity index is 391. The Morgan fingerprint density at radius 3 is 2.61 bits per heavy atom. The highest BCUT2D eigenvalue weighted by Gasteiger charge is 2.04. The Morgan fingerprint density at radius 2 is 2.06 bits per heavy atom. The van der Waals surface area contributed by atoms with Crippen LogP contribution in [0.1, 0.15) is 37.8 Å². The van der Waals surface area contributed by atoms with E-state index in [0.717, 1.165) is 37.1 Å². The van der Waals surface area contributed by atoms with E-state index in [0.29, 0.717) is 5.84 Å². The van der Waals surface area contributed by atoms with Gasteiger partial charge in [-0.1, -0.05) is 20.3 Å². The second-order valence-electron chi connectivity index (χ2n) is 4.00. The molecule has 1 rings (SSSR count). The minimum absolute atomic E-state index is 0. The Morgan fingerprint density at radius 1 is 1.33 bits per heavy atom. The summed E-state index contributed by atoms with van der Waals surface area (Å²) < 4.78 is 5.29. The van der Waals surface area contributed by atoms with Crippen molar-refractivity contribution in [3.63, 3.8) is 0 Å². The Hall–Kier alpha value is -1.22. The molecule has 1 aromatic carbocycles. The van der Waals surface area contributed by atoms with Crippen LogP contribution < -0.4 is 10.5 Å². The summed E-state index contributed by atoms with van der Waals surface area (Å²) in [4.78, 5) is 4.37. The summed E-state index contributed by atoms with van der Waals surface area (Å²) in [6.45, 7) is 5.05. The van der Waals surface area contributed by atoms with E-state index in [4.69, 9.17) is 10.5 Å². The summed E-state index contributed by atoms with van der Waals surface area (Å²) in [5.74, 6) is 1.54. The topological polar surface area (TPSA) is 47.6 Å². The molecule has 0 heterocycles. The first-order valence-corrected chi connectivity index (χ1v) is 6.20. The smallest absolute Gasteiger partial charge is 0.125 e. The number of unbranched alkanes of at least 4 members (excludes halogenated alkanes) is 1. The third-order valence-electron chi connectivity index (χ3n) is 2.75. The number of rotatable bonds is 6. The molecule has 0 atom stereocenters. The van der Waals surface area contributed by atoms with E-state index in [1.165, 1.54) is 5.56 Å². The number of hydrogen-bond donors (Lipinski definition) is 1. The molecule has 0 fully saturated rings. The number of halogens is 1. The number of aryl methyl sites for hydroxylation is 1. The molecule has 0 unspecified atom stereocenters. The van der Waals surface area contributed by atoms with Crippen LogP contribution in [-0.4, -0.2) is 19.5 Å². The van der Waals surface area contributed by atoms with Gasteiger partial charge in [0.25, 0.3) is 0 Å². The maximum absolute atomic E-state index is 5.96. The molecule has 0 bridgehead atoms. The van der Waals surface area contributed by atoms with E-state index in [-0.39, 0.29) is 12.4 Å². The second-order valence-corrected chi connectivity index (χ2v) is 4.00. The van der Waals surface area contributed by atoms with Crippen LogP contribution in [0, 0.1) is 0 Å². The lowest BCUT2D eigenvalue weighted by atomic mass is 10.1. The summed E-state index contributed by atoms with van der Waals surface area (Å²) in [6, 6.07) is 5.97. The third kappa shape index (κ3) is 4.57. The van der Waals surface area contributed by atoms with Gasteiger partial charge < -0.3 is 10.5 Å². The number of hydrogen-bond acceptors (Lipinski definition) is 2. The van der Waals surface area contributed by atoms with Gasteiger partial charge in [-0.25, -0.2) is 0 Å². The third-order valence-corrected chi connectivity index (χ3v) is 2.75. The van der Waals surface area contributed by atoms with Crippen LogP contribution in [0.4, 0.5) is 0 Å². The molecular weight excluding hydrogens is 248 g/mol. The van der Waals surface area contributed by atoms with Gasteiger partial charge in [-0.3, -0.25) is 4.99 Å². The summed E-state index contributed by atoms with van der Waals surface area (Å²) in [5, 5.41) is 0. The Kier molecular flexibility index (Phi) is 8.21. The van der Waals surface area contributed by atoms with Gasteiger partial charge in [0, 0.05) is 12.1 Å². The minimum atomic E-state index is 0. The molecule has 0 radical (unpaired) electrons. The van der Waals surface area contributed by atoms with Crippen LogP contribution >= 0.6 is 12.4 Å². The molecule has 0 amide bonds. The van der Waals surface area contributed by atoms with Crippen molar-refractivity contribution in [1.82, 2.24) is 0 Å². The second kappa shape index (κ2) is 8.81. The van der Waals surface area contributed by atoms with Gasteiger partial charge in [0.2, 0.25) is 0 Å². The minimum Gasteiger partial charge on any atom is -0.496 e. The van der Waals surface area contributed by atoms with Crippen LogP contribution in [0.3, 0.4) is 0 Å². The standard InChI is InChI=1S/C14H22N2O.ClH/c1-4-6-9-16-14(15)12-7-8-13(17-3)11(5-2)10-12;/h7-8,10H,4-6,9H2,1-3H3,(H2,15,16);1H. The SMILES string of the molecule is CCCCN=C(N)c1ccc(OC)c(CC)c1.Cl. The highest BCUT2D eigenvalue weighted by Crippen LogP contribution is 2.20. The van der Waals surface area contributed by atoms with Crippen LogP contribution in [0.25, 0.3) is 0 Å². The van der Waals surface area contributed by atoms with Gasteiger partial charge in [0.15, 0.2) is 0 Å².